The lowest BCUT2D eigenvalue weighted by atomic mass is 10.0. The Bertz CT molecular complexity index is 722. The van der Waals surface area contributed by atoms with Crippen LogP contribution in [-0.2, 0) is 16.1 Å². The molecular weight excluding hydrogens is 246 g/mol. The zero-order valence-electron chi connectivity index (χ0n) is 12.9. The van der Waals surface area contributed by atoms with Gasteiger partial charge in [-0.15, -0.1) is 0 Å². The van der Waals surface area contributed by atoms with Gasteiger partial charge < -0.3 is 10.6 Å². The zero-order chi connectivity index (χ0) is 16.3. The smallest absolute Gasteiger partial charge is 0.255 e. The van der Waals surface area contributed by atoms with Crippen LogP contribution >= 0.6 is 0 Å². The Morgan fingerprint density at radius 1 is 1.42 bits per heavy atom. The van der Waals surface area contributed by atoms with Gasteiger partial charge in [-0.3, -0.25) is 19.7 Å². The number of imide groups is 1. The van der Waals surface area contributed by atoms with Crippen LogP contribution in [0.15, 0.2) is 18.2 Å². The number of nitrogens with one attached hydrogen (secondary N) is 1. The summed E-state index contributed by atoms with van der Waals surface area (Å²) in [5, 5.41) is 1.83. The predicted molar refractivity (Wildman–Crippen MR) is 66.9 cm³/mol. The third kappa shape index (κ3) is 1.76. The van der Waals surface area contributed by atoms with E-state index in [0.717, 1.165) is 4.90 Å². The van der Waals surface area contributed by atoms with Gasteiger partial charge in [0.05, 0.1) is 1.37 Å². The molecule has 0 saturated carbocycles. The van der Waals surface area contributed by atoms with Gasteiger partial charge in [0.1, 0.15) is 6.02 Å². The molecule has 1 aromatic rings. The normalized spacial score (nSPS) is 31.3. The third-order valence-electron chi connectivity index (χ3n) is 3.24. The van der Waals surface area contributed by atoms with Crippen LogP contribution in [0.1, 0.15) is 32.8 Å². The van der Waals surface area contributed by atoms with Gasteiger partial charge in [0.2, 0.25) is 11.8 Å². The largest absolute Gasteiger partial charge is 0.398 e. The van der Waals surface area contributed by atoms with E-state index in [1.165, 1.54) is 6.07 Å². The van der Waals surface area contributed by atoms with Gasteiger partial charge in [-0.25, -0.2) is 0 Å². The minimum Gasteiger partial charge on any atom is -0.398 e. The van der Waals surface area contributed by atoms with E-state index in [9.17, 15) is 14.4 Å². The number of benzene rings is 1. The van der Waals surface area contributed by atoms with Gasteiger partial charge >= 0.3 is 0 Å². The molecule has 98 valence electrons. The van der Waals surface area contributed by atoms with Crippen molar-refractivity contribution in [3.05, 3.63) is 29.3 Å². The summed E-state index contributed by atoms with van der Waals surface area (Å²) in [4.78, 5) is 36.9. The fraction of sp³-hybridized carbons (Fsp3) is 0.308. The summed E-state index contributed by atoms with van der Waals surface area (Å²) in [6.07, 6.45) is -3.12. The van der Waals surface area contributed by atoms with E-state index in [1.807, 2.05) is 5.32 Å². The van der Waals surface area contributed by atoms with E-state index >= 15 is 0 Å². The number of amides is 3. The van der Waals surface area contributed by atoms with Crippen molar-refractivity contribution in [1.29, 1.82) is 0 Å². The van der Waals surface area contributed by atoms with Crippen molar-refractivity contribution in [1.82, 2.24) is 10.2 Å². The second kappa shape index (κ2) is 4.08. The summed E-state index contributed by atoms with van der Waals surface area (Å²) < 4.78 is 23.6. The molecule has 2 aliphatic heterocycles. The van der Waals surface area contributed by atoms with Crippen LogP contribution in [-0.4, -0.2) is 28.6 Å². The van der Waals surface area contributed by atoms with Gasteiger partial charge in [-0.1, -0.05) is 6.07 Å². The molecule has 3 N–H and O–H groups in total. The van der Waals surface area contributed by atoms with Crippen LogP contribution < -0.4 is 11.1 Å². The van der Waals surface area contributed by atoms with Crippen molar-refractivity contribution in [2.45, 2.75) is 25.4 Å². The highest BCUT2D eigenvalue weighted by molar-refractivity contribution is 6.06. The molecule has 6 nitrogen and oxygen atoms in total. The minimum absolute atomic E-state index is 0.0674. The molecule has 2 aliphatic rings. The van der Waals surface area contributed by atoms with Gasteiger partial charge in [-0.05, 0) is 18.6 Å². The number of fused-ring (bicyclic) bond motifs is 1. The first-order chi connectivity index (χ1) is 10.2. The summed E-state index contributed by atoms with van der Waals surface area (Å²) in [7, 11) is 0. The van der Waals surface area contributed by atoms with Crippen LogP contribution in [0.3, 0.4) is 0 Å². The van der Waals surface area contributed by atoms with Crippen LogP contribution in [0.2, 0.25) is 0 Å². The van der Waals surface area contributed by atoms with E-state index in [1.54, 1.807) is 12.1 Å². The number of hydrogen-bond donors (Lipinski definition) is 2. The van der Waals surface area contributed by atoms with E-state index in [0.29, 0.717) is 11.3 Å². The van der Waals surface area contributed by atoms with Gasteiger partial charge in [0.15, 0.2) is 0 Å². The lowest BCUT2D eigenvalue weighted by Crippen LogP contribution is -2.52. The maximum Gasteiger partial charge on any atom is 0.255 e. The third-order valence-corrected chi connectivity index (χ3v) is 3.24. The minimum atomic E-state index is -2.41. The summed E-state index contributed by atoms with van der Waals surface area (Å²) in [5.74, 6) is -2.67. The molecule has 2 heterocycles. The fourth-order valence-electron chi connectivity index (χ4n) is 2.26. The molecule has 0 spiro atoms. The summed E-state index contributed by atoms with van der Waals surface area (Å²) in [6.45, 7) is -0.0674. The van der Waals surface area contributed by atoms with Gasteiger partial charge in [-0.2, -0.15) is 0 Å². The Hall–Kier alpha value is -2.37. The number of carbonyl (C=O) groups is 3. The molecule has 19 heavy (non-hydrogen) atoms. The Labute approximate surface area is 113 Å². The molecule has 3 rings (SSSR count). The van der Waals surface area contributed by atoms with E-state index in [4.69, 9.17) is 9.85 Å². The van der Waals surface area contributed by atoms with Crippen molar-refractivity contribution in [3.63, 3.8) is 0 Å². The van der Waals surface area contributed by atoms with E-state index in [2.05, 4.69) is 0 Å². The Kier molecular flexibility index (Phi) is 1.87. The Morgan fingerprint density at radius 2 is 2.21 bits per heavy atom. The standard InChI is InChI=1S/C13H13N3O3/c14-9-3-1-2-7-8(9)6-16(13(7)19)10-4-5-11(17)15-12(10)18/h1-3,10H,4-6,14H2,(H,15,17,18)/i5D2,10D. The highest BCUT2D eigenvalue weighted by Gasteiger charge is 2.39. The molecule has 1 atom stereocenters. The van der Waals surface area contributed by atoms with Gasteiger partial charge in [0.25, 0.3) is 5.91 Å². The summed E-state index contributed by atoms with van der Waals surface area (Å²) >= 11 is 0. The van der Waals surface area contributed by atoms with Crippen molar-refractivity contribution < 1.29 is 18.5 Å². The molecule has 0 radical (unpaired) electrons. The van der Waals surface area contributed by atoms with Crippen LogP contribution in [0.25, 0.3) is 0 Å². The molecular formula is C13H13N3O3. The molecule has 0 aromatic heterocycles. The topological polar surface area (TPSA) is 92.5 Å². The molecule has 1 saturated heterocycles. The predicted octanol–water partition coefficient (Wildman–Crippen LogP) is 0.0298. The average Bonchev–Trinajstić information content (AvgIpc) is 2.76. The number of nitrogen functional groups attached to an aromatic ring is 1. The molecule has 3 amide bonds. The maximum atomic E-state index is 12.5. The monoisotopic (exact) mass is 262 g/mol. The van der Waals surface area contributed by atoms with Crippen LogP contribution in [0.5, 0.6) is 0 Å². The van der Waals surface area contributed by atoms with Crippen LogP contribution in [0.4, 0.5) is 5.69 Å². The first kappa shape index (κ1) is 8.68. The SMILES string of the molecule is [2H]C1([2H])CC([2H])(N2Cc3c(N)cccc3C2=O)C(=O)NC1=O. The van der Waals surface area contributed by atoms with E-state index < -0.39 is 36.5 Å². The number of nitrogens with two attached hydrogens (primary N) is 1. The molecule has 6 heteroatoms. The number of carbonyl (C=O) groups excluding carboxylic acids is 3. The molecule has 0 aliphatic carbocycles. The van der Waals surface area contributed by atoms with Crippen LogP contribution in [0, 0.1) is 0 Å². The highest BCUT2D eigenvalue weighted by atomic mass is 16.2. The summed E-state index contributed by atoms with van der Waals surface area (Å²) in [6, 6.07) is 2.55. The van der Waals surface area contributed by atoms with Crippen molar-refractivity contribution in [2.24, 2.45) is 0 Å². The quantitative estimate of drug-likeness (QED) is 0.551. The second-order valence-electron chi connectivity index (χ2n) is 4.35. The fourth-order valence-corrected chi connectivity index (χ4v) is 2.26. The lowest BCUT2D eigenvalue weighted by Gasteiger charge is -2.29. The molecule has 1 aromatic carbocycles. The average molecular weight is 262 g/mol. The number of hydrogen-bond acceptors (Lipinski definition) is 4. The molecule has 0 bridgehead atoms. The Morgan fingerprint density at radius 3 is 2.95 bits per heavy atom. The lowest BCUT2D eigenvalue weighted by molar-refractivity contribution is -0.136. The van der Waals surface area contributed by atoms with Crippen molar-refractivity contribution in [2.75, 3.05) is 5.73 Å². The first-order valence-electron chi connectivity index (χ1n) is 7.22. The molecule has 1 unspecified atom stereocenters. The van der Waals surface area contributed by atoms with Crippen molar-refractivity contribution in [3.8, 4) is 0 Å². The van der Waals surface area contributed by atoms with Gasteiger partial charge in [0, 0.05) is 32.5 Å². The highest BCUT2D eigenvalue weighted by Crippen LogP contribution is 2.30. The number of piperidine rings is 1. The second-order valence-corrected chi connectivity index (χ2v) is 4.35. The number of rotatable bonds is 1. The zero-order valence-corrected chi connectivity index (χ0v) is 9.90. The summed E-state index contributed by atoms with van der Waals surface area (Å²) in [5.41, 5.74) is 6.97. The number of anilines is 1. The first-order valence-corrected chi connectivity index (χ1v) is 5.72. The molecule has 1 fully saturated rings. The van der Waals surface area contributed by atoms with Crippen molar-refractivity contribution >= 4 is 23.4 Å². The maximum absolute atomic E-state index is 12.5. The Balaban J connectivity index is 2.02. The number of nitrogens with zero attached hydrogens (tertiary/aromatic N) is 1. The van der Waals surface area contributed by atoms with E-state index in [-0.39, 0.29) is 12.1 Å².